The molecule has 0 saturated heterocycles. The van der Waals surface area contributed by atoms with Crippen molar-refractivity contribution in [2.45, 2.75) is 11.8 Å². The average molecular weight is 452 g/mol. The van der Waals surface area contributed by atoms with Gasteiger partial charge in [-0.15, -0.1) is 0 Å². The third-order valence-electron chi connectivity index (χ3n) is 3.41. The van der Waals surface area contributed by atoms with Gasteiger partial charge >= 0.3 is 0 Å². The van der Waals surface area contributed by atoms with E-state index in [9.17, 15) is 13.2 Å². The number of rotatable bonds is 7. The maximum absolute atomic E-state index is 12.8. The molecule has 2 aromatic carbocycles. The molecule has 1 N–H and O–H groups in total. The van der Waals surface area contributed by atoms with E-state index in [-0.39, 0.29) is 22.3 Å². The van der Waals surface area contributed by atoms with Crippen molar-refractivity contribution in [2.75, 3.05) is 25.5 Å². The first kappa shape index (κ1) is 21.8. The van der Waals surface area contributed by atoms with Gasteiger partial charge in [-0.1, -0.05) is 34.8 Å². The molecule has 0 spiro atoms. The first-order chi connectivity index (χ1) is 12.6. The zero-order valence-electron chi connectivity index (χ0n) is 14.5. The summed E-state index contributed by atoms with van der Waals surface area (Å²) in [7, 11) is -2.72. The van der Waals surface area contributed by atoms with E-state index in [1.165, 1.54) is 43.4 Å². The Kier molecular flexibility index (Phi) is 7.36. The maximum Gasteiger partial charge on any atom is 0.247 e. The van der Waals surface area contributed by atoms with Crippen LogP contribution in [0.5, 0.6) is 5.75 Å². The summed E-state index contributed by atoms with van der Waals surface area (Å²) in [6.07, 6.45) is 0. The van der Waals surface area contributed by atoms with Gasteiger partial charge in [0.25, 0.3) is 0 Å². The molecule has 0 radical (unpaired) electrons. The number of carbonyl (C=O) groups excluding carboxylic acids is 1. The van der Waals surface area contributed by atoms with Crippen molar-refractivity contribution in [3.05, 3.63) is 51.5 Å². The number of benzene rings is 2. The molecule has 0 heterocycles. The molecule has 0 aromatic heterocycles. The van der Waals surface area contributed by atoms with Crippen molar-refractivity contribution in [1.29, 1.82) is 0 Å². The zero-order chi connectivity index (χ0) is 20.2. The van der Waals surface area contributed by atoms with Gasteiger partial charge in [-0.25, -0.2) is 8.42 Å². The molecule has 0 saturated carbocycles. The van der Waals surface area contributed by atoms with E-state index in [0.29, 0.717) is 15.7 Å². The first-order valence-corrected chi connectivity index (χ1v) is 10.4. The molecule has 0 aliphatic carbocycles. The number of halogens is 3. The Morgan fingerprint density at radius 1 is 1.07 bits per heavy atom. The molecular formula is C17H17Cl3N2O4S. The van der Waals surface area contributed by atoms with Crippen LogP contribution in [0, 0.1) is 0 Å². The van der Waals surface area contributed by atoms with E-state index in [0.717, 1.165) is 4.31 Å². The molecule has 27 heavy (non-hydrogen) atoms. The number of anilines is 1. The quantitative estimate of drug-likeness (QED) is 0.681. The molecule has 2 rings (SSSR count). The van der Waals surface area contributed by atoms with Gasteiger partial charge in [-0.05, 0) is 43.3 Å². The molecule has 0 atom stereocenters. The highest BCUT2D eigenvalue weighted by molar-refractivity contribution is 7.89. The number of carbonyl (C=O) groups is 1. The maximum atomic E-state index is 12.8. The Balaban J connectivity index is 2.20. The van der Waals surface area contributed by atoms with Gasteiger partial charge in [0.1, 0.15) is 10.6 Å². The van der Waals surface area contributed by atoms with Crippen LogP contribution < -0.4 is 10.1 Å². The van der Waals surface area contributed by atoms with Crippen LogP contribution in [0.3, 0.4) is 0 Å². The lowest BCUT2D eigenvalue weighted by Crippen LogP contribution is -2.35. The van der Waals surface area contributed by atoms with Crippen molar-refractivity contribution >= 4 is 56.4 Å². The van der Waals surface area contributed by atoms with E-state index in [4.69, 9.17) is 39.5 Å². The monoisotopic (exact) mass is 450 g/mol. The third kappa shape index (κ3) is 5.73. The number of nitrogens with zero attached hydrogens (tertiary/aromatic N) is 1. The van der Waals surface area contributed by atoms with Gasteiger partial charge in [0, 0.05) is 27.8 Å². The van der Waals surface area contributed by atoms with Crippen LogP contribution in [0.15, 0.2) is 41.3 Å². The van der Waals surface area contributed by atoms with Crippen LogP contribution >= 0.6 is 34.8 Å². The predicted octanol–water partition coefficient (Wildman–Crippen LogP) is 4.30. The first-order valence-electron chi connectivity index (χ1n) is 7.78. The Morgan fingerprint density at radius 2 is 1.70 bits per heavy atom. The van der Waals surface area contributed by atoms with Crippen molar-refractivity contribution in [2.24, 2.45) is 0 Å². The Labute approximate surface area is 173 Å². The summed E-state index contributed by atoms with van der Waals surface area (Å²) in [6, 6.07) is 8.81. The molecule has 0 bridgehead atoms. The van der Waals surface area contributed by atoms with Crippen molar-refractivity contribution in [3.63, 3.8) is 0 Å². The highest BCUT2D eigenvalue weighted by Gasteiger charge is 2.27. The Morgan fingerprint density at radius 3 is 2.30 bits per heavy atom. The zero-order valence-corrected chi connectivity index (χ0v) is 17.6. The molecule has 1 amide bonds. The summed E-state index contributed by atoms with van der Waals surface area (Å²) < 4.78 is 31.9. The second-order valence-corrected chi connectivity index (χ2v) is 8.81. The average Bonchev–Trinajstić information content (AvgIpc) is 2.55. The van der Waals surface area contributed by atoms with E-state index in [2.05, 4.69) is 5.32 Å². The summed E-state index contributed by atoms with van der Waals surface area (Å²) in [5.74, 6) is -0.393. The summed E-state index contributed by atoms with van der Waals surface area (Å²) >= 11 is 17.7. The molecule has 146 valence electrons. The van der Waals surface area contributed by atoms with Crippen LogP contribution in [0.4, 0.5) is 5.69 Å². The summed E-state index contributed by atoms with van der Waals surface area (Å²) in [6.45, 7) is 1.59. The number of hydrogen-bond acceptors (Lipinski definition) is 4. The molecule has 0 unspecified atom stereocenters. The van der Waals surface area contributed by atoms with Gasteiger partial charge in [0.2, 0.25) is 15.9 Å². The minimum Gasteiger partial charge on any atom is -0.492 e. The molecule has 0 fully saturated rings. The minimum atomic E-state index is -4.01. The summed E-state index contributed by atoms with van der Waals surface area (Å²) in [5.41, 5.74) is 0.362. The van der Waals surface area contributed by atoms with E-state index < -0.39 is 22.5 Å². The normalized spacial score (nSPS) is 11.5. The van der Waals surface area contributed by atoms with E-state index in [1.807, 2.05) is 0 Å². The fourth-order valence-corrected chi connectivity index (χ4v) is 4.28. The standard InChI is InChI=1S/C17H17Cl3N2O4S/c1-3-26-15-5-4-11(18)9-16(15)27(24,25)22(2)10-17(23)21-14-7-12(19)6-13(20)8-14/h4-9H,3,10H2,1-2H3,(H,21,23). The largest absolute Gasteiger partial charge is 0.492 e. The highest BCUT2D eigenvalue weighted by atomic mass is 35.5. The molecule has 2 aromatic rings. The van der Waals surface area contributed by atoms with Gasteiger partial charge in [0.15, 0.2) is 0 Å². The summed E-state index contributed by atoms with van der Waals surface area (Å²) in [5, 5.41) is 3.49. The minimum absolute atomic E-state index is 0.113. The lowest BCUT2D eigenvalue weighted by molar-refractivity contribution is -0.116. The SMILES string of the molecule is CCOc1ccc(Cl)cc1S(=O)(=O)N(C)CC(=O)Nc1cc(Cl)cc(Cl)c1. The van der Waals surface area contributed by atoms with Crippen LogP contribution in [-0.4, -0.2) is 38.8 Å². The van der Waals surface area contributed by atoms with Gasteiger partial charge in [-0.3, -0.25) is 4.79 Å². The van der Waals surface area contributed by atoms with Crippen molar-refractivity contribution in [3.8, 4) is 5.75 Å². The second-order valence-electron chi connectivity index (χ2n) is 5.49. The van der Waals surface area contributed by atoms with E-state index >= 15 is 0 Å². The predicted molar refractivity (Wildman–Crippen MR) is 108 cm³/mol. The Bertz CT molecular complexity index is 931. The number of hydrogen-bond donors (Lipinski definition) is 1. The van der Waals surface area contributed by atoms with Crippen molar-refractivity contribution < 1.29 is 17.9 Å². The molecular weight excluding hydrogens is 435 g/mol. The lowest BCUT2D eigenvalue weighted by atomic mass is 10.3. The number of sulfonamides is 1. The van der Waals surface area contributed by atoms with Crippen LogP contribution in [-0.2, 0) is 14.8 Å². The summed E-state index contributed by atoms with van der Waals surface area (Å²) in [4.78, 5) is 12.1. The smallest absolute Gasteiger partial charge is 0.247 e. The van der Waals surface area contributed by atoms with E-state index in [1.54, 1.807) is 6.92 Å². The van der Waals surface area contributed by atoms with Crippen LogP contribution in [0.2, 0.25) is 15.1 Å². The Hall–Kier alpha value is -1.51. The third-order valence-corrected chi connectivity index (χ3v) is 5.90. The fraction of sp³-hybridized carbons (Fsp3) is 0.235. The molecule has 0 aliphatic heterocycles. The van der Waals surface area contributed by atoms with Crippen LogP contribution in [0.1, 0.15) is 6.92 Å². The van der Waals surface area contributed by atoms with Crippen LogP contribution in [0.25, 0.3) is 0 Å². The number of ether oxygens (including phenoxy) is 1. The fourth-order valence-electron chi connectivity index (χ4n) is 2.24. The topological polar surface area (TPSA) is 75.7 Å². The molecule has 10 heteroatoms. The molecule has 6 nitrogen and oxygen atoms in total. The highest BCUT2D eigenvalue weighted by Crippen LogP contribution is 2.29. The number of likely N-dealkylation sites (N-methyl/N-ethyl adjacent to an activating group) is 1. The van der Waals surface area contributed by atoms with Gasteiger partial charge in [0.05, 0.1) is 13.2 Å². The number of amides is 1. The lowest BCUT2D eigenvalue weighted by Gasteiger charge is -2.19. The molecule has 0 aliphatic rings. The van der Waals surface area contributed by atoms with Crippen molar-refractivity contribution in [1.82, 2.24) is 4.31 Å². The van der Waals surface area contributed by atoms with Gasteiger partial charge < -0.3 is 10.1 Å². The number of nitrogens with one attached hydrogen (secondary N) is 1. The van der Waals surface area contributed by atoms with Gasteiger partial charge in [-0.2, -0.15) is 4.31 Å². The second kappa shape index (κ2) is 9.12.